The number of carbonyl (C=O) groups excluding carboxylic acids is 2. The summed E-state index contributed by atoms with van der Waals surface area (Å²) in [6, 6.07) is 0. The zero-order valence-electron chi connectivity index (χ0n) is 10.7. The Labute approximate surface area is 105 Å². The molecule has 0 fully saturated rings. The number of methoxy groups -OCH3 is 1. The monoisotopic (exact) mass is 253 g/mol. The summed E-state index contributed by atoms with van der Waals surface area (Å²) < 4.78 is 9.57. The number of hydrogen-bond acceptors (Lipinski definition) is 6. The first-order valence-corrected chi connectivity index (χ1v) is 5.23. The van der Waals surface area contributed by atoms with Crippen LogP contribution < -0.4 is 5.32 Å². The Morgan fingerprint density at radius 1 is 1.22 bits per heavy atom. The van der Waals surface area contributed by atoms with Crippen LogP contribution in [-0.2, 0) is 9.47 Å². The maximum absolute atomic E-state index is 11.5. The van der Waals surface area contributed by atoms with Crippen molar-refractivity contribution in [2.24, 2.45) is 0 Å². The van der Waals surface area contributed by atoms with Crippen molar-refractivity contribution in [3.8, 4) is 0 Å². The lowest BCUT2D eigenvalue weighted by atomic mass is 10.2. The van der Waals surface area contributed by atoms with Crippen molar-refractivity contribution in [2.75, 3.05) is 12.4 Å². The van der Waals surface area contributed by atoms with Crippen LogP contribution >= 0.6 is 0 Å². The van der Waals surface area contributed by atoms with E-state index in [9.17, 15) is 9.59 Å². The third-order valence-corrected chi connectivity index (χ3v) is 1.70. The van der Waals surface area contributed by atoms with Crippen molar-refractivity contribution in [1.82, 2.24) is 9.97 Å². The van der Waals surface area contributed by atoms with Crippen molar-refractivity contribution < 1.29 is 19.1 Å². The number of ether oxygens (including phenoxy) is 2. The van der Waals surface area contributed by atoms with E-state index in [-0.39, 0.29) is 11.5 Å². The third-order valence-electron chi connectivity index (χ3n) is 1.70. The minimum atomic E-state index is -0.715. The normalized spacial score (nSPS) is 10.7. The maximum atomic E-state index is 11.5. The molecule has 0 radical (unpaired) electrons. The number of amides is 1. The molecule has 0 saturated carbocycles. The van der Waals surface area contributed by atoms with Crippen LogP contribution in [0.1, 0.15) is 31.3 Å². The number of aromatic nitrogens is 2. The highest BCUT2D eigenvalue weighted by Crippen LogP contribution is 2.12. The topological polar surface area (TPSA) is 90.4 Å². The highest BCUT2D eigenvalue weighted by Gasteiger charge is 2.20. The fourth-order valence-electron chi connectivity index (χ4n) is 1.08. The Morgan fingerprint density at radius 3 is 2.39 bits per heavy atom. The first kappa shape index (κ1) is 13.9. The largest absolute Gasteiger partial charge is 0.464 e. The third kappa shape index (κ3) is 4.00. The van der Waals surface area contributed by atoms with Crippen LogP contribution in [0.3, 0.4) is 0 Å². The average molecular weight is 253 g/mol. The molecule has 0 aliphatic carbocycles. The number of carbonyl (C=O) groups is 2. The minimum absolute atomic E-state index is 0.00130. The Balaban J connectivity index is 2.85. The van der Waals surface area contributed by atoms with E-state index < -0.39 is 17.7 Å². The molecule has 0 unspecified atom stereocenters. The Hall–Kier alpha value is -2.18. The second-order valence-corrected chi connectivity index (χ2v) is 4.37. The van der Waals surface area contributed by atoms with Gasteiger partial charge in [0.25, 0.3) is 0 Å². The molecular weight excluding hydrogens is 238 g/mol. The van der Waals surface area contributed by atoms with Gasteiger partial charge < -0.3 is 9.47 Å². The van der Waals surface area contributed by atoms with Crippen LogP contribution in [0.4, 0.5) is 10.6 Å². The Kier molecular flexibility index (Phi) is 4.19. The van der Waals surface area contributed by atoms with Gasteiger partial charge in [-0.2, -0.15) is 0 Å². The lowest BCUT2D eigenvalue weighted by molar-refractivity contribution is 0.0594. The smallest absolute Gasteiger partial charge is 0.413 e. The van der Waals surface area contributed by atoms with Crippen LogP contribution in [0.5, 0.6) is 0 Å². The van der Waals surface area contributed by atoms with E-state index in [1.165, 1.54) is 19.5 Å². The minimum Gasteiger partial charge on any atom is -0.464 e. The van der Waals surface area contributed by atoms with Crippen molar-refractivity contribution in [3.05, 3.63) is 18.1 Å². The summed E-state index contributed by atoms with van der Waals surface area (Å²) in [5, 5.41) is 2.35. The zero-order valence-corrected chi connectivity index (χ0v) is 10.7. The number of nitrogens with zero attached hydrogens (tertiary/aromatic N) is 2. The lowest BCUT2D eigenvalue weighted by Crippen LogP contribution is -2.28. The molecule has 0 bridgehead atoms. The van der Waals surface area contributed by atoms with Crippen LogP contribution in [0, 0.1) is 0 Å². The van der Waals surface area contributed by atoms with Gasteiger partial charge in [0.15, 0.2) is 11.5 Å². The van der Waals surface area contributed by atoms with Crippen LogP contribution in [-0.4, -0.2) is 34.7 Å². The number of esters is 1. The molecule has 1 rings (SSSR count). The van der Waals surface area contributed by atoms with Gasteiger partial charge in [-0.3, -0.25) is 5.32 Å². The summed E-state index contributed by atoms with van der Waals surface area (Å²) in [6.45, 7) is 5.18. The van der Waals surface area contributed by atoms with Gasteiger partial charge in [-0.05, 0) is 20.8 Å². The predicted octanol–water partition coefficient (Wildman–Crippen LogP) is 1.61. The number of rotatable bonds is 2. The summed E-state index contributed by atoms with van der Waals surface area (Å²) in [7, 11) is 1.22. The lowest BCUT2D eigenvalue weighted by Gasteiger charge is -2.19. The van der Waals surface area contributed by atoms with Crippen molar-refractivity contribution in [1.29, 1.82) is 0 Å². The Morgan fingerprint density at radius 2 is 1.83 bits per heavy atom. The van der Waals surface area contributed by atoms with E-state index in [1.54, 1.807) is 20.8 Å². The van der Waals surface area contributed by atoms with Gasteiger partial charge in [-0.25, -0.2) is 19.6 Å². The van der Waals surface area contributed by atoms with E-state index in [0.29, 0.717) is 0 Å². The molecule has 1 heterocycles. The second-order valence-electron chi connectivity index (χ2n) is 4.37. The SMILES string of the molecule is COC(=O)c1nccnc1NC(=O)OC(C)(C)C. The summed E-state index contributed by atoms with van der Waals surface area (Å²) in [4.78, 5) is 30.6. The predicted molar refractivity (Wildman–Crippen MR) is 63.2 cm³/mol. The first-order valence-electron chi connectivity index (χ1n) is 5.23. The van der Waals surface area contributed by atoms with Crippen molar-refractivity contribution >= 4 is 17.9 Å². The molecular formula is C11H15N3O4. The molecule has 0 spiro atoms. The fraction of sp³-hybridized carbons (Fsp3) is 0.455. The van der Waals surface area contributed by atoms with Gasteiger partial charge in [0.2, 0.25) is 0 Å². The summed E-state index contributed by atoms with van der Waals surface area (Å²) in [6.07, 6.45) is 1.96. The Bertz CT molecular complexity index is 454. The molecule has 1 aromatic heterocycles. The number of anilines is 1. The quantitative estimate of drug-likeness (QED) is 0.805. The molecule has 0 atom stereocenters. The van der Waals surface area contributed by atoms with Gasteiger partial charge in [-0.1, -0.05) is 0 Å². The molecule has 0 aromatic carbocycles. The molecule has 1 amide bonds. The number of hydrogen-bond donors (Lipinski definition) is 1. The van der Waals surface area contributed by atoms with Crippen LogP contribution in [0.2, 0.25) is 0 Å². The highest BCUT2D eigenvalue weighted by atomic mass is 16.6. The molecule has 1 N–H and O–H groups in total. The van der Waals surface area contributed by atoms with Crippen molar-refractivity contribution in [2.45, 2.75) is 26.4 Å². The summed E-state index contributed by atoms with van der Waals surface area (Å²) >= 11 is 0. The standard InChI is InChI=1S/C11H15N3O4/c1-11(2,3)18-10(16)14-8-7(9(15)17-4)12-5-6-13-8/h5-6H,1-4H3,(H,13,14,16). The highest BCUT2D eigenvalue weighted by molar-refractivity contribution is 5.96. The van der Waals surface area contributed by atoms with E-state index in [1.807, 2.05) is 0 Å². The molecule has 98 valence electrons. The zero-order chi connectivity index (χ0) is 13.8. The average Bonchev–Trinajstić information content (AvgIpc) is 2.26. The molecule has 1 aromatic rings. The van der Waals surface area contributed by atoms with Crippen LogP contribution in [0.25, 0.3) is 0 Å². The van der Waals surface area contributed by atoms with E-state index in [4.69, 9.17) is 4.74 Å². The fourth-order valence-corrected chi connectivity index (χ4v) is 1.08. The van der Waals surface area contributed by atoms with Crippen molar-refractivity contribution in [3.63, 3.8) is 0 Å². The van der Waals surface area contributed by atoms with E-state index >= 15 is 0 Å². The molecule has 0 aliphatic heterocycles. The van der Waals surface area contributed by atoms with Gasteiger partial charge >= 0.3 is 12.1 Å². The van der Waals surface area contributed by atoms with E-state index in [0.717, 1.165) is 0 Å². The summed E-state index contributed by atoms with van der Waals surface area (Å²) in [5.41, 5.74) is -0.719. The molecule has 7 nitrogen and oxygen atoms in total. The molecule has 7 heteroatoms. The first-order chi connectivity index (χ1) is 8.33. The van der Waals surface area contributed by atoms with Gasteiger partial charge in [0, 0.05) is 12.4 Å². The summed E-state index contributed by atoms with van der Waals surface area (Å²) in [5.74, 6) is -0.687. The maximum Gasteiger partial charge on any atom is 0.413 e. The van der Waals surface area contributed by atoms with Gasteiger partial charge in [-0.15, -0.1) is 0 Å². The van der Waals surface area contributed by atoms with E-state index in [2.05, 4.69) is 20.0 Å². The van der Waals surface area contributed by atoms with Crippen LogP contribution in [0.15, 0.2) is 12.4 Å². The second kappa shape index (κ2) is 5.44. The molecule has 0 aliphatic rings. The molecule has 18 heavy (non-hydrogen) atoms. The number of nitrogens with one attached hydrogen (secondary N) is 1. The van der Waals surface area contributed by atoms with Gasteiger partial charge in [0.05, 0.1) is 7.11 Å². The van der Waals surface area contributed by atoms with Gasteiger partial charge in [0.1, 0.15) is 5.60 Å². The molecule has 0 saturated heterocycles.